The summed E-state index contributed by atoms with van der Waals surface area (Å²) in [6.45, 7) is 7.57. The average Bonchev–Trinajstić information content (AvgIpc) is 2.58. The molecule has 0 atom stereocenters. The second kappa shape index (κ2) is 11.9. The number of anilines is 1. The van der Waals surface area contributed by atoms with Crippen LogP contribution in [0.5, 0.6) is 5.75 Å². The molecule has 1 heterocycles. The topological polar surface area (TPSA) is 60.0 Å². The fourth-order valence-electron chi connectivity index (χ4n) is 2.21. The predicted molar refractivity (Wildman–Crippen MR) is 96.3 cm³/mol. The van der Waals surface area contributed by atoms with Crippen LogP contribution in [0.3, 0.4) is 0 Å². The van der Waals surface area contributed by atoms with E-state index in [1.165, 1.54) is 0 Å². The van der Waals surface area contributed by atoms with E-state index in [-0.39, 0.29) is 12.4 Å². The maximum absolute atomic E-state index is 11.5. The molecule has 1 N–H and O–H groups in total. The molecule has 0 unspecified atom stereocenters. The third-order valence-corrected chi connectivity index (χ3v) is 3.61. The number of ether oxygens (including phenoxy) is 3. The Morgan fingerprint density at radius 1 is 1.21 bits per heavy atom. The molecule has 0 saturated carbocycles. The highest BCUT2D eigenvalue weighted by Crippen LogP contribution is 2.16. The Kier molecular flexibility index (Phi) is 10.2. The Hall–Kier alpha value is -1.50. The van der Waals surface area contributed by atoms with Gasteiger partial charge < -0.3 is 14.2 Å². The molecule has 1 saturated heterocycles. The van der Waals surface area contributed by atoms with Gasteiger partial charge in [0.2, 0.25) is 0 Å². The molecule has 7 heteroatoms. The van der Waals surface area contributed by atoms with Gasteiger partial charge in [-0.2, -0.15) is 0 Å². The number of hydrogen-bond acceptors (Lipinski definition) is 5. The molecule has 1 amide bonds. The van der Waals surface area contributed by atoms with Crippen molar-refractivity contribution in [1.29, 1.82) is 0 Å². The smallest absolute Gasteiger partial charge is 0.411 e. The quantitative estimate of drug-likeness (QED) is 0.723. The van der Waals surface area contributed by atoms with Gasteiger partial charge in [0.05, 0.1) is 19.8 Å². The van der Waals surface area contributed by atoms with Gasteiger partial charge in [0.25, 0.3) is 0 Å². The third kappa shape index (κ3) is 7.86. The first-order valence-corrected chi connectivity index (χ1v) is 8.24. The third-order valence-electron chi connectivity index (χ3n) is 3.61. The number of benzene rings is 1. The minimum absolute atomic E-state index is 0. The first kappa shape index (κ1) is 20.5. The summed E-state index contributed by atoms with van der Waals surface area (Å²) in [7, 11) is 0. The normalized spacial score (nSPS) is 14.5. The molecule has 0 bridgehead atoms. The second-order valence-electron chi connectivity index (χ2n) is 5.44. The zero-order valence-electron chi connectivity index (χ0n) is 14.2. The van der Waals surface area contributed by atoms with Crippen LogP contribution < -0.4 is 10.1 Å². The fraction of sp³-hybridized carbons (Fsp3) is 0.588. The van der Waals surface area contributed by atoms with Crippen LogP contribution in [0, 0.1) is 0 Å². The summed E-state index contributed by atoms with van der Waals surface area (Å²) in [5.41, 5.74) is 0.701. The van der Waals surface area contributed by atoms with Gasteiger partial charge in [0.1, 0.15) is 12.4 Å². The summed E-state index contributed by atoms with van der Waals surface area (Å²) < 4.78 is 16.1. The summed E-state index contributed by atoms with van der Waals surface area (Å²) in [6.07, 6.45) is 1.46. The first-order chi connectivity index (χ1) is 11.3. The van der Waals surface area contributed by atoms with Gasteiger partial charge in [-0.15, -0.1) is 12.4 Å². The van der Waals surface area contributed by atoms with Crippen LogP contribution in [0.2, 0.25) is 0 Å². The summed E-state index contributed by atoms with van der Waals surface area (Å²) in [5.74, 6) is 0.795. The van der Waals surface area contributed by atoms with Crippen LogP contribution in [-0.2, 0) is 9.47 Å². The molecule has 0 aliphatic carbocycles. The van der Waals surface area contributed by atoms with E-state index >= 15 is 0 Å². The standard InChI is InChI=1S/C17H26N2O4.ClH/c1-2-3-11-23-17(20)18-15-4-6-16(7-5-15)22-14-10-19-8-12-21-13-9-19;/h4-7H,2-3,8-14H2,1H3,(H,18,20);1H. The van der Waals surface area contributed by atoms with Crippen molar-refractivity contribution < 1.29 is 19.0 Å². The molecule has 0 spiro atoms. The van der Waals surface area contributed by atoms with Crippen molar-refractivity contribution in [2.24, 2.45) is 0 Å². The Labute approximate surface area is 149 Å². The van der Waals surface area contributed by atoms with Crippen molar-refractivity contribution >= 4 is 24.2 Å². The minimum atomic E-state index is -0.417. The summed E-state index contributed by atoms with van der Waals surface area (Å²) in [5, 5.41) is 2.70. The Balaban J connectivity index is 0.00000288. The number of hydrogen-bond donors (Lipinski definition) is 1. The number of rotatable bonds is 8. The van der Waals surface area contributed by atoms with Crippen molar-refractivity contribution in [2.75, 3.05) is 51.4 Å². The van der Waals surface area contributed by atoms with E-state index in [9.17, 15) is 4.79 Å². The van der Waals surface area contributed by atoms with Crippen molar-refractivity contribution in [3.63, 3.8) is 0 Å². The molecule has 0 aromatic heterocycles. The van der Waals surface area contributed by atoms with E-state index in [0.717, 1.165) is 51.4 Å². The monoisotopic (exact) mass is 358 g/mol. The van der Waals surface area contributed by atoms with E-state index < -0.39 is 6.09 Å². The van der Waals surface area contributed by atoms with Crippen LogP contribution in [-0.4, -0.2) is 57.1 Å². The summed E-state index contributed by atoms with van der Waals surface area (Å²) in [4.78, 5) is 13.9. The maximum Gasteiger partial charge on any atom is 0.411 e. The van der Waals surface area contributed by atoms with Crippen molar-refractivity contribution in [3.8, 4) is 5.75 Å². The minimum Gasteiger partial charge on any atom is -0.492 e. The molecule has 2 rings (SSSR count). The van der Waals surface area contributed by atoms with Crippen LogP contribution in [0.1, 0.15) is 19.8 Å². The first-order valence-electron chi connectivity index (χ1n) is 8.24. The van der Waals surface area contributed by atoms with Crippen molar-refractivity contribution in [1.82, 2.24) is 4.90 Å². The lowest BCUT2D eigenvalue weighted by molar-refractivity contribution is 0.0322. The van der Waals surface area contributed by atoms with Gasteiger partial charge in [0.15, 0.2) is 0 Å². The molecule has 1 aliphatic rings. The molecule has 1 aliphatic heterocycles. The number of nitrogens with one attached hydrogen (secondary N) is 1. The summed E-state index contributed by atoms with van der Waals surface area (Å²) in [6, 6.07) is 7.32. The highest BCUT2D eigenvalue weighted by molar-refractivity contribution is 5.85. The molecule has 1 aromatic rings. The van der Waals surface area contributed by atoms with Crippen LogP contribution in [0.4, 0.5) is 10.5 Å². The van der Waals surface area contributed by atoms with Gasteiger partial charge in [-0.3, -0.25) is 10.2 Å². The van der Waals surface area contributed by atoms with E-state index in [4.69, 9.17) is 14.2 Å². The average molecular weight is 359 g/mol. The van der Waals surface area contributed by atoms with Gasteiger partial charge in [-0.1, -0.05) is 13.3 Å². The number of carbonyl (C=O) groups is 1. The highest BCUT2D eigenvalue weighted by Gasteiger charge is 2.09. The SMILES string of the molecule is CCCCOC(=O)Nc1ccc(OCCN2CCOCC2)cc1.Cl. The maximum atomic E-state index is 11.5. The molecule has 6 nitrogen and oxygen atoms in total. The second-order valence-corrected chi connectivity index (χ2v) is 5.44. The number of morpholine rings is 1. The van der Waals surface area contributed by atoms with Crippen LogP contribution in [0.15, 0.2) is 24.3 Å². The van der Waals surface area contributed by atoms with Gasteiger partial charge in [-0.25, -0.2) is 4.79 Å². The lowest BCUT2D eigenvalue weighted by atomic mass is 10.3. The number of nitrogens with zero attached hydrogens (tertiary/aromatic N) is 1. The molecule has 1 aromatic carbocycles. The molecule has 24 heavy (non-hydrogen) atoms. The number of amides is 1. The van der Waals surface area contributed by atoms with Crippen LogP contribution >= 0.6 is 12.4 Å². The molecular weight excluding hydrogens is 332 g/mol. The lowest BCUT2D eigenvalue weighted by Gasteiger charge is -2.26. The Morgan fingerprint density at radius 2 is 1.92 bits per heavy atom. The predicted octanol–water partition coefficient (Wildman–Crippen LogP) is 3.17. The van der Waals surface area contributed by atoms with Gasteiger partial charge in [-0.05, 0) is 30.7 Å². The number of carbonyl (C=O) groups excluding carboxylic acids is 1. The van der Waals surface area contributed by atoms with E-state index in [0.29, 0.717) is 18.9 Å². The zero-order chi connectivity index (χ0) is 16.3. The van der Waals surface area contributed by atoms with E-state index in [1.807, 2.05) is 24.3 Å². The Bertz CT molecular complexity index is 464. The lowest BCUT2D eigenvalue weighted by Crippen LogP contribution is -2.38. The zero-order valence-corrected chi connectivity index (χ0v) is 15.0. The van der Waals surface area contributed by atoms with E-state index in [1.54, 1.807) is 0 Å². The number of halogens is 1. The molecular formula is C17H27ClN2O4. The van der Waals surface area contributed by atoms with Gasteiger partial charge >= 0.3 is 6.09 Å². The van der Waals surface area contributed by atoms with Crippen LogP contribution in [0.25, 0.3) is 0 Å². The highest BCUT2D eigenvalue weighted by atomic mass is 35.5. The Morgan fingerprint density at radius 3 is 2.58 bits per heavy atom. The fourth-order valence-corrected chi connectivity index (χ4v) is 2.21. The summed E-state index contributed by atoms with van der Waals surface area (Å²) >= 11 is 0. The van der Waals surface area contributed by atoms with E-state index in [2.05, 4.69) is 17.1 Å². The van der Waals surface area contributed by atoms with Crippen molar-refractivity contribution in [2.45, 2.75) is 19.8 Å². The van der Waals surface area contributed by atoms with Gasteiger partial charge in [0, 0.05) is 25.3 Å². The molecule has 1 fully saturated rings. The molecule has 136 valence electrons. The van der Waals surface area contributed by atoms with Crippen molar-refractivity contribution in [3.05, 3.63) is 24.3 Å². The number of unbranched alkanes of at least 4 members (excludes halogenated alkanes) is 1. The largest absolute Gasteiger partial charge is 0.492 e. The molecule has 0 radical (unpaired) electrons.